The molecule has 0 aliphatic heterocycles. The lowest BCUT2D eigenvalue weighted by Gasteiger charge is -2.20. The molecule has 0 aliphatic rings. The highest BCUT2D eigenvalue weighted by Gasteiger charge is 2.13. The first-order valence-electron chi connectivity index (χ1n) is 6.19. The van der Waals surface area contributed by atoms with Gasteiger partial charge in [-0.1, -0.05) is 0 Å². The SMILES string of the molecule is CCOC(CNC(C)c1sccc1C)OCC. The number of aryl methyl sites for hydroxylation is 1. The van der Waals surface area contributed by atoms with Gasteiger partial charge in [0.15, 0.2) is 6.29 Å². The summed E-state index contributed by atoms with van der Waals surface area (Å²) in [5.74, 6) is 0. The van der Waals surface area contributed by atoms with Gasteiger partial charge in [0.2, 0.25) is 0 Å². The Morgan fingerprint density at radius 2 is 1.94 bits per heavy atom. The molecule has 1 unspecified atom stereocenters. The van der Waals surface area contributed by atoms with Crippen molar-refractivity contribution in [2.45, 2.75) is 40.0 Å². The van der Waals surface area contributed by atoms with Gasteiger partial charge in [-0.3, -0.25) is 0 Å². The van der Waals surface area contributed by atoms with Gasteiger partial charge >= 0.3 is 0 Å². The van der Waals surface area contributed by atoms with Crippen molar-refractivity contribution < 1.29 is 9.47 Å². The summed E-state index contributed by atoms with van der Waals surface area (Å²) < 4.78 is 11.0. The molecule has 4 heteroatoms. The van der Waals surface area contributed by atoms with Gasteiger partial charge in [-0.2, -0.15) is 0 Å². The van der Waals surface area contributed by atoms with Gasteiger partial charge in [0.05, 0.1) is 0 Å². The molecule has 17 heavy (non-hydrogen) atoms. The molecule has 0 saturated carbocycles. The van der Waals surface area contributed by atoms with Gasteiger partial charge in [-0.25, -0.2) is 0 Å². The first kappa shape index (κ1) is 14.6. The summed E-state index contributed by atoms with van der Waals surface area (Å²) in [6, 6.07) is 2.50. The Balaban J connectivity index is 2.40. The van der Waals surface area contributed by atoms with Crippen LogP contribution in [0.15, 0.2) is 11.4 Å². The second kappa shape index (κ2) is 7.82. The summed E-state index contributed by atoms with van der Waals surface area (Å²) in [4.78, 5) is 1.39. The Hall–Kier alpha value is -0.420. The van der Waals surface area contributed by atoms with E-state index >= 15 is 0 Å². The number of rotatable bonds is 8. The van der Waals surface area contributed by atoms with Crippen LogP contribution in [0.5, 0.6) is 0 Å². The molecular weight excluding hydrogens is 234 g/mol. The van der Waals surface area contributed by atoms with Crippen molar-refractivity contribution in [1.82, 2.24) is 5.32 Å². The largest absolute Gasteiger partial charge is 0.352 e. The van der Waals surface area contributed by atoms with Gasteiger partial charge in [0.1, 0.15) is 0 Å². The maximum atomic E-state index is 5.50. The van der Waals surface area contributed by atoms with Gasteiger partial charge in [0, 0.05) is 30.7 Å². The Labute approximate surface area is 108 Å². The van der Waals surface area contributed by atoms with Crippen LogP contribution in [-0.2, 0) is 9.47 Å². The zero-order valence-corrected chi connectivity index (χ0v) is 12.0. The fourth-order valence-corrected chi connectivity index (χ4v) is 2.69. The normalized spacial score (nSPS) is 13.2. The van der Waals surface area contributed by atoms with Crippen LogP contribution in [-0.4, -0.2) is 26.0 Å². The fourth-order valence-electron chi connectivity index (χ4n) is 1.73. The number of nitrogens with one attached hydrogen (secondary N) is 1. The third-order valence-corrected chi connectivity index (χ3v) is 3.79. The van der Waals surface area contributed by atoms with Gasteiger partial charge in [-0.05, 0) is 44.7 Å². The minimum Gasteiger partial charge on any atom is -0.352 e. The Morgan fingerprint density at radius 1 is 1.29 bits per heavy atom. The molecule has 3 nitrogen and oxygen atoms in total. The lowest BCUT2D eigenvalue weighted by atomic mass is 10.2. The van der Waals surface area contributed by atoms with Gasteiger partial charge in [-0.15, -0.1) is 11.3 Å². The second-order valence-electron chi connectivity index (χ2n) is 3.94. The quantitative estimate of drug-likeness (QED) is 0.726. The highest BCUT2D eigenvalue weighted by molar-refractivity contribution is 7.10. The predicted octanol–water partition coefficient (Wildman–Crippen LogP) is 3.11. The van der Waals surface area contributed by atoms with E-state index < -0.39 is 0 Å². The van der Waals surface area contributed by atoms with Crippen molar-refractivity contribution >= 4 is 11.3 Å². The van der Waals surface area contributed by atoms with Gasteiger partial charge < -0.3 is 14.8 Å². The summed E-state index contributed by atoms with van der Waals surface area (Å²) in [6.07, 6.45) is -0.146. The maximum Gasteiger partial charge on any atom is 0.169 e. The first-order valence-corrected chi connectivity index (χ1v) is 7.07. The van der Waals surface area contributed by atoms with E-state index in [0.717, 1.165) is 6.54 Å². The van der Waals surface area contributed by atoms with E-state index in [4.69, 9.17) is 9.47 Å². The summed E-state index contributed by atoms with van der Waals surface area (Å²) in [7, 11) is 0. The molecule has 1 heterocycles. The topological polar surface area (TPSA) is 30.5 Å². The lowest BCUT2D eigenvalue weighted by molar-refractivity contribution is -0.133. The molecule has 0 fully saturated rings. The molecule has 1 atom stereocenters. The standard InChI is InChI=1S/C13H23NO2S/c1-5-15-12(16-6-2)9-14-11(4)13-10(3)7-8-17-13/h7-8,11-12,14H,5-6,9H2,1-4H3. The second-order valence-corrected chi connectivity index (χ2v) is 4.89. The predicted molar refractivity (Wildman–Crippen MR) is 72.5 cm³/mol. The minimum atomic E-state index is -0.146. The Kier molecular flexibility index (Phi) is 6.73. The van der Waals surface area contributed by atoms with Crippen LogP contribution in [0.1, 0.15) is 37.3 Å². The Morgan fingerprint density at radius 3 is 2.41 bits per heavy atom. The highest BCUT2D eigenvalue weighted by Crippen LogP contribution is 2.23. The summed E-state index contributed by atoms with van der Waals surface area (Å²) >= 11 is 1.79. The third kappa shape index (κ3) is 4.76. The van der Waals surface area contributed by atoms with E-state index in [9.17, 15) is 0 Å². The maximum absolute atomic E-state index is 5.50. The number of hydrogen-bond acceptors (Lipinski definition) is 4. The molecule has 0 aromatic carbocycles. The van der Waals surface area contributed by atoms with Crippen molar-refractivity contribution in [2.75, 3.05) is 19.8 Å². The van der Waals surface area contributed by atoms with Crippen molar-refractivity contribution in [2.24, 2.45) is 0 Å². The van der Waals surface area contributed by atoms with E-state index in [0.29, 0.717) is 19.3 Å². The van der Waals surface area contributed by atoms with Crippen LogP contribution < -0.4 is 5.32 Å². The van der Waals surface area contributed by atoms with Crippen LogP contribution in [0.3, 0.4) is 0 Å². The molecule has 1 aromatic rings. The van der Waals surface area contributed by atoms with Crippen molar-refractivity contribution in [3.05, 3.63) is 21.9 Å². The Bertz CT molecular complexity index is 308. The fraction of sp³-hybridized carbons (Fsp3) is 0.692. The highest BCUT2D eigenvalue weighted by atomic mass is 32.1. The summed E-state index contributed by atoms with van der Waals surface area (Å²) in [5, 5.41) is 5.59. The van der Waals surface area contributed by atoms with E-state index in [-0.39, 0.29) is 6.29 Å². The smallest absolute Gasteiger partial charge is 0.169 e. The monoisotopic (exact) mass is 257 g/mol. The van der Waals surface area contributed by atoms with Crippen LogP contribution >= 0.6 is 11.3 Å². The van der Waals surface area contributed by atoms with E-state index in [1.165, 1.54) is 10.4 Å². The lowest BCUT2D eigenvalue weighted by Crippen LogP contribution is -2.33. The van der Waals surface area contributed by atoms with Crippen LogP contribution in [0.2, 0.25) is 0 Å². The molecule has 0 bridgehead atoms. The molecule has 0 spiro atoms. The first-order chi connectivity index (χ1) is 8.19. The van der Waals surface area contributed by atoms with Gasteiger partial charge in [0.25, 0.3) is 0 Å². The van der Waals surface area contributed by atoms with Crippen LogP contribution in [0, 0.1) is 6.92 Å². The molecule has 0 amide bonds. The molecule has 1 rings (SSSR count). The molecule has 0 radical (unpaired) electrons. The van der Waals surface area contributed by atoms with Crippen LogP contribution in [0.25, 0.3) is 0 Å². The average molecular weight is 257 g/mol. The van der Waals surface area contributed by atoms with Crippen molar-refractivity contribution in [3.8, 4) is 0 Å². The van der Waals surface area contributed by atoms with E-state index in [1.807, 2.05) is 13.8 Å². The molecule has 0 saturated heterocycles. The zero-order valence-electron chi connectivity index (χ0n) is 11.2. The molecular formula is C13H23NO2S. The summed E-state index contributed by atoms with van der Waals surface area (Å²) in [5.41, 5.74) is 1.35. The average Bonchev–Trinajstić information content (AvgIpc) is 2.72. The number of hydrogen-bond donors (Lipinski definition) is 1. The minimum absolute atomic E-state index is 0.146. The molecule has 0 aliphatic carbocycles. The molecule has 98 valence electrons. The van der Waals surface area contributed by atoms with E-state index in [1.54, 1.807) is 11.3 Å². The number of ether oxygens (including phenoxy) is 2. The molecule has 1 aromatic heterocycles. The number of thiophene rings is 1. The summed E-state index contributed by atoms with van der Waals surface area (Å²) in [6.45, 7) is 10.4. The van der Waals surface area contributed by atoms with Crippen molar-refractivity contribution in [3.63, 3.8) is 0 Å². The zero-order chi connectivity index (χ0) is 12.7. The van der Waals surface area contributed by atoms with Crippen LogP contribution in [0.4, 0.5) is 0 Å². The van der Waals surface area contributed by atoms with Crippen molar-refractivity contribution in [1.29, 1.82) is 0 Å². The third-order valence-electron chi connectivity index (χ3n) is 2.59. The molecule has 1 N–H and O–H groups in total. The van der Waals surface area contributed by atoms with E-state index in [2.05, 4.69) is 30.6 Å².